The predicted molar refractivity (Wildman–Crippen MR) is 73.8 cm³/mol. The molecule has 0 bridgehead atoms. The van der Waals surface area contributed by atoms with Gasteiger partial charge in [0.2, 0.25) is 5.56 Å². The van der Waals surface area contributed by atoms with E-state index in [1.54, 1.807) is 32.2 Å². The Bertz CT molecular complexity index is 664. The van der Waals surface area contributed by atoms with Gasteiger partial charge in [0.05, 0.1) is 5.02 Å². The SMILES string of the molecule is Cc1cc(C(=O)N(C)c2ccc(Cl)cn2)cc(=O)[nH]1. The molecule has 2 rings (SSSR count). The molecule has 0 saturated carbocycles. The van der Waals surface area contributed by atoms with Gasteiger partial charge >= 0.3 is 0 Å². The largest absolute Gasteiger partial charge is 0.326 e. The van der Waals surface area contributed by atoms with Crippen LogP contribution in [0.2, 0.25) is 5.02 Å². The van der Waals surface area contributed by atoms with Crippen LogP contribution in [0.3, 0.4) is 0 Å². The smallest absolute Gasteiger partial charge is 0.259 e. The lowest BCUT2D eigenvalue weighted by molar-refractivity contribution is 0.0992. The summed E-state index contributed by atoms with van der Waals surface area (Å²) in [5.74, 6) is 0.163. The van der Waals surface area contributed by atoms with Crippen molar-refractivity contribution >= 4 is 23.3 Å². The molecule has 0 atom stereocenters. The van der Waals surface area contributed by atoms with Gasteiger partial charge in [-0.05, 0) is 25.1 Å². The number of halogens is 1. The standard InChI is InChI=1S/C13H12ClN3O2/c1-8-5-9(6-12(18)16-8)13(19)17(2)11-4-3-10(14)7-15-11/h3-7H,1-2H3,(H,16,18). The van der Waals surface area contributed by atoms with Crippen LogP contribution < -0.4 is 10.5 Å². The molecule has 0 radical (unpaired) electrons. The maximum absolute atomic E-state index is 12.2. The number of carbonyl (C=O) groups is 1. The average molecular weight is 278 g/mol. The second-order valence-electron chi connectivity index (χ2n) is 4.12. The molecular formula is C13H12ClN3O2. The van der Waals surface area contributed by atoms with E-state index >= 15 is 0 Å². The number of anilines is 1. The molecule has 0 spiro atoms. The fourth-order valence-electron chi connectivity index (χ4n) is 1.67. The van der Waals surface area contributed by atoms with Crippen molar-refractivity contribution in [1.82, 2.24) is 9.97 Å². The monoisotopic (exact) mass is 277 g/mol. The van der Waals surface area contributed by atoms with E-state index in [0.717, 1.165) is 0 Å². The second-order valence-corrected chi connectivity index (χ2v) is 4.55. The van der Waals surface area contributed by atoms with Crippen LogP contribution in [0.15, 0.2) is 35.3 Å². The highest BCUT2D eigenvalue weighted by atomic mass is 35.5. The minimum atomic E-state index is -0.305. The first-order chi connectivity index (χ1) is 8.97. The molecule has 0 aliphatic heterocycles. The van der Waals surface area contributed by atoms with E-state index in [2.05, 4.69) is 9.97 Å². The molecule has 0 aromatic carbocycles. The van der Waals surface area contributed by atoms with Crippen molar-refractivity contribution in [1.29, 1.82) is 0 Å². The highest BCUT2D eigenvalue weighted by Gasteiger charge is 2.15. The van der Waals surface area contributed by atoms with Crippen LogP contribution in [0.25, 0.3) is 0 Å². The Labute approximate surface area is 114 Å². The number of aromatic nitrogens is 2. The number of aryl methyl sites for hydroxylation is 1. The van der Waals surface area contributed by atoms with E-state index < -0.39 is 0 Å². The summed E-state index contributed by atoms with van der Waals surface area (Å²) in [6.45, 7) is 1.72. The summed E-state index contributed by atoms with van der Waals surface area (Å²) in [5, 5.41) is 0.497. The van der Waals surface area contributed by atoms with Crippen molar-refractivity contribution in [3.05, 3.63) is 57.1 Å². The lowest BCUT2D eigenvalue weighted by Crippen LogP contribution is -2.28. The summed E-state index contributed by atoms with van der Waals surface area (Å²) < 4.78 is 0. The molecule has 98 valence electrons. The van der Waals surface area contributed by atoms with Gasteiger partial charge in [-0.25, -0.2) is 4.98 Å². The minimum absolute atomic E-state index is 0.302. The van der Waals surface area contributed by atoms with Gasteiger partial charge in [0.15, 0.2) is 0 Å². The Morgan fingerprint density at radius 2 is 2.11 bits per heavy atom. The first-order valence-corrected chi connectivity index (χ1v) is 5.96. The summed E-state index contributed by atoms with van der Waals surface area (Å²) in [4.78, 5) is 31.6. The zero-order valence-corrected chi connectivity index (χ0v) is 11.2. The van der Waals surface area contributed by atoms with Crippen molar-refractivity contribution in [2.24, 2.45) is 0 Å². The molecule has 1 amide bonds. The lowest BCUT2D eigenvalue weighted by Gasteiger charge is -2.16. The third-order valence-corrected chi connectivity index (χ3v) is 2.81. The number of nitrogens with one attached hydrogen (secondary N) is 1. The molecule has 2 aromatic rings. The van der Waals surface area contributed by atoms with E-state index in [0.29, 0.717) is 22.1 Å². The summed E-state index contributed by atoms with van der Waals surface area (Å²) in [5.41, 5.74) is 0.648. The van der Waals surface area contributed by atoms with Crippen LogP contribution in [0.5, 0.6) is 0 Å². The summed E-state index contributed by atoms with van der Waals surface area (Å²) >= 11 is 5.74. The number of nitrogens with zero attached hydrogens (tertiary/aromatic N) is 2. The van der Waals surface area contributed by atoms with Crippen molar-refractivity contribution in [3.8, 4) is 0 Å². The van der Waals surface area contributed by atoms with Crippen LogP contribution in [0.4, 0.5) is 5.82 Å². The third kappa shape index (κ3) is 3.00. The van der Waals surface area contributed by atoms with Gasteiger partial charge in [0, 0.05) is 30.6 Å². The van der Waals surface area contributed by atoms with Crippen LogP contribution >= 0.6 is 11.6 Å². The molecule has 1 N–H and O–H groups in total. The van der Waals surface area contributed by atoms with E-state index in [1.165, 1.54) is 17.2 Å². The van der Waals surface area contributed by atoms with Crippen molar-refractivity contribution < 1.29 is 4.79 Å². The lowest BCUT2D eigenvalue weighted by atomic mass is 10.2. The normalized spacial score (nSPS) is 10.3. The van der Waals surface area contributed by atoms with Gasteiger partial charge in [-0.3, -0.25) is 14.5 Å². The van der Waals surface area contributed by atoms with Gasteiger partial charge in [0.25, 0.3) is 5.91 Å². The summed E-state index contributed by atoms with van der Waals surface area (Å²) in [6.07, 6.45) is 1.46. The number of hydrogen-bond donors (Lipinski definition) is 1. The van der Waals surface area contributed by atoms with Gasteiger partial charge in [-0.2, -0.15) is 0 Å². The van der Waals surface area contributed by atoms with E-state index in [4.69, 9.17) is 11.6 Å². The fourth-order valence-corrected chi connectivity index (χ4v) is 1.78. The first kappa shape index (κ1) is 13.3. The molecule has 5 nitrogen and oxygen atoms in total. The molecule has 0 aliphatic rings. The van der Waals surface area contributed by atoms with Gasteiger partial charge in [0.1, 0.15) is 5.82 Å². The third-order valence-electron chi connectivity index (χ3n) is 2.59. The molecule has 6 heteroatoms. The zero-order chi connectivity index (χ0) is 14.0. The molecule has 19 heavy (non-hydrogen) atoms. The molecule has 2 heterocycles. The maximum atomic E-state index is 12.2. The van der Waals surface area contributed by atoms with E-state index in [1.807, 2.05) is 0 Å². The number of amides is 1. The number of rotatable bonds is 2. The molecule has 0 fully saturated rings. The van der Waals surface area contributed by atoms with E-state index in [9.17, 15) is 9.59 Å². The number of pyridine rings is 2. The predicted octanol–water partition coefficient (Wildman–Crippen LogP) is 2.01. The maximum Gasteiger partial charge on any atom is 0.259 e. The van der Waals surface area contributed by atoms with Crippen LogP contribution in [-0.4, -0.2) is 22.9 Å². The van der Waals surface area contributed by atoms with Gasteiger partial charge in [-0.15, -0.1) is 0 Å². The van der Waals surface area contributed by atoms with Crippen LogP contribution in [0, 0.1) is 6.92 Å². The number of aromatic amines is 1. The molecule has 0 saturated heterocycles. The molecule has 0 aliphatic carbocycles. The Morgan fingerprint density at radius 1 is 1.37 bits per heavy atom. The van der Waals surface area contributed by atoms with Crippen LogP contribution in [0.1, 0.15) is 16.1 Å². The second kappa shape index (κ2) is 5.24. The van der Waals surface area contributed by atoms with Crippen molar-refractivity contribution in [2.75, 3.05) is 11.9 Å². The Kier molecular flexibility index (Phi) is 3.66. The van der Waals surface area contributed by atoms with E-state index in [-0.39, 0.29) is 11.5 Å². The van der Waals surface area contributed by atoms with Crippen LogP contribution in [-0.2, 0) is 0 Å². The summed E-state index contributed by atoms with van der Waals surface area (Å²) in [6, 6.07) is 6.18. The first-order valence-electron chi connectivity index (χ1n) is 5.58. The average Bonchev–Trinajstić information content (AvgIpc) is 2.37. The molecule has 2 aromatic heterocycles. The minimum Gasteiger partial charge on any atom is -0.326 e. The Balaban J connectivity index is 2.33. The zero-order valence-electron chi connectivity index (χ0n) is 10.5. The Morgan fingerprint density at radius 3 is 2.68 bits per heavy atom. The number of H-pyrrole nitrogens is 1. The number of hydrogen-bond acceptors (Lipinski definition) is 3. The van der Waals surface area contributed by atoms with Gasteiger partial charge in [-0.1, -0.05) is 11.6 Å². The summed E-state index contributed by atoms with van der Waals surface area (Å²) in [7, 11) is 1.59. The molecule has 0 unspecified atom stereocenters. The van der Waals surface area contributed by atoms with Crippen molar-refractivity contribution in [2.45, 2.75) is 6.92 Å². The highest BCUT2D eigenvalue weighted by molar-refractivity contribution is 6.30. The highest BCUT2D eigenvalue weighted by Crippen LogP contribution is 2.15. The van der Waals surface area contributed by atoms with Crippen molar-refractivity contribution in [3.63, 3.8) is 0 Å². The fraction of sp³-hybridized carbons (Fsp3) is 0.154. The Hall–Kier alpha value is -2.14. The molecular weight excluding hydrogens is 266 g/mol. The van der Waals surface area contributed by atoms with Gasteiger partial charge < -0.3 is 4.98 Å². The quantitative estimate of drug-likeness (QED) is 0.913. The number of carbonyl (C=O) groups excluding carboxylic acids is 1. The topological polar surface area (TPSA) is 66.1 Å².